The summed E-state index contributed by atoms with van der Waals surface area (Å²) in [7, 11) is 1.55. The first-order chi connectivity index (χ1) is 10.1. The van der Waals surface area contributed by atoms with Gasteiger partial charge in [0.15, 0.2) is 5.76 Å². The minimum atomic E-state index is -0.556. The molecular weight excluding hydrogens is 340 g/mol. The maximum Gasteiger partial charge on any atom is 0.299 e. The number of carbonyl (C=O) groups excluding carboxylic acids is 2. The molecule has 2 aromatic rings. The molecule has 0 bridgehead atoms. The topological polar surface area (TPSA) is 72.6 Å². The van der Waals surface area contributed by atoms with Crippen molar-refractivity contribution in [1.82, 2.24) is 5.16 Å². The number of aromatic nitrogens is 1. The Bertz CT molecular complexity index is 726. The molecule has 7 heteroatoms. The van der Waals surface area contributed by atoms with Crippen LogP contribution in [0.4, 0.5) is 5.69 Å². The molecule has 0 spiro atoms. The summed E-state index contributed by atoms with van der Waals surface area (Å²) in [6.07, 6.45) is 0. The Balaban J connectivity index is 1.90. The van der Waals surface area contributed by atoms with Crippen molar-refractivity contribution in [2.75, 3.05) is 12.0 Å². The highest BCUT2D eigenvalue weighted by Gasteiger charge is 2.36. The van der Waals surface area contributed by atoms with Crippen molar-refractivity contribution < 1.29 is 18.8 Å². The summed E-state index contributed by atoms with van der Waals surface area (Å²) < 4.78 is 10.8. The number of hydrogen-bond acceptors (Lipinski definition) is 5. The van der Waals surface area contributed by atoms with Gasteiger partial charge in [-0.25, -0.2) is 0 Å². The van der Waals surface area contributed by atoms with E-state index in [9.17, 15) is 9.59 Å². The Morgan fingerprint density at radius 3 is 2.90 bits per heavy atom. The van der Waals surface area contributed by atoms with Crippen LogP contribution >= 0.6 is 15.9 Å². The number of amides is 1. The van der Waals surface area contributed by atoms with E-state index in [1.54, 1.807) is 31.4 Å². The number of Topliss-reactive ketones (excluding diaryl/α,β-unsaturated/α-hetero) is 1. The fraction of sp³-hybridized carbons (Fsp3) is 0.214. The van der Waals surface area contributed by atoms with Gasteiger partial charge in [-0.15, -0.1) is 0 Å². The minimum Gasteiger partial charge on any atom is -0.377 e. The predicted molar refractivity (Wildman–Crippen MR) is 76.9 cm³/mol. The van der Waals surface area contributed by atoms with E-state index in [-0.39, 0.29) is 6.54 Å². The van der Waals surface area contributed by atoms with Crippen molar-refractivity contribution in [3.8, 4) is 0 Å². The van der Waals surface area contributed by atoms with Crippen molar-refractivity contribution in [2.24, 2.45) is 0 Å². The molecule has 108 valence electrons. The molecule has 1 aromatic heterocycles. The van der Waals surface area contributed by atoms with Crippen LogP contribution in [0.15, 0.2) is 33.3 Å². The monoisotopic (exact) mass is 350 g/mol. The van der Waals surface area contributed by atoms with E-state index >= 15 is 0 Å². The van der Waals surface area contributed by atoms with Crippen molar-refractivity contribution in [3.63, 3.8) is 0 Å². The van der Waals surface area contributed by atoms with Gasteiger partial charge in [-0.05, 0) is 18.2 Å². The Hall–Kier alpha value is -1.99. The first-order valence-electron chi connectivity index (χ1n) is 6.19. The van der Waals surface area contributed by atoms with Crippen LogP contribution in [0.3, 0.4) is 0 Å². The standard InChI is InChI=1S/C14H11BrN2O4/c1-20-7-10-5-9(16-21-10)6-17-12-4-8(15)2-3-11(12)13(18)14(17)19/h2-5H,6-7H2,1H3. The molecule has 21 heavy (non-hydrogen) atoms. The molecule has 0 fully saturated rings. The highest BCUT2D eigenvalue weighted by Crippen LogP contribution is 2.32. The number of halogens is 1. The predicted octanol–water partition coefficient (Wildman–Crippen LogP) is 2.31. The first kappa shape index (κ1) is 14.0. The maximum atomic E-state index is 12.1. The average molecular weight is 351 g/mol. The van der Waals surface area contributed by atoms with E-state index in [0.717, 1.165) is 4.47 Å². The van der Waals surface area contributed by atoms with Gasteiger partial charge in [-0.1, -0.05) is 21.1 Å². The number of nitrogens with zero attached hydrogens (tertiary/aromatic N) is 2. The van der Waals surface area contributed by atoms with Gasteiger partial charge in [-0.2, -0.15) is 0 Å². The lowest BCUT2D eigenvalue weighted by Crippen LogP contribution is -2.29. The van der Waals surface area contributed by atoms with E-state index in [2.05, 4.69) is 21.1 Å². The molecule has 1 aliphatic rings. The van der Waals surface area contributed by atoms with Crippen LogP contribution in [-0.4, -0.2) is 24.0 Å². The third-order valence-corrected chi connectivity index (χ3v) is 3.64. The number of hydrogen-bond donors (Lipinski definition) is 0. The maximum absolute atomic E-state index is 12.1. The number of fused-ring (bicyclic) bond motifs is 1. The van der Waals surface area contributed by atoms with Gasteiger partial charge in [0.25, 0.3) is 11.7 Å². The lowest BCUT2D eigenvalue weighted by molar-refractivity contribution is -0.114. The zero-order valence-corrected chi connectivity index (χ0v) is 12.7. The summed E-state index contributed by atoms with van der Waals surface area (Å²) in [4.78, 5) is 25.4. The number of anilines is 1. The second-order valence-electron chi connectivity index (χ2n) is 4.60. The molecule has 0 atom stereocenters. The minimum absolute atomic E-state index is 0.182. The summed E-state index contributed by atoms with van der Waals surface area (Å²) in [5.41, 5.74) is 1.55. The van der Waals surface area contributed by atoms with Gasteiger partial charge < -0.3 is 9.26 Å². The highest BCUT2D eigenvalue weighted by atomic mass is 79.9. The van der Waals surface area contributed by atoms with Crippen molar-refractivity contribution in [2.45, 2.75) is 13.2 Å². The molecule has 3 rings (SSSR count). The SMILES string of the molecule is COCc1cc(CN2C(=O)C(=O)c3ccc(Br)cc32)no1. The number of carbonyl (C=O) groups is 2. The highest BCUT2D eigenvalue weighted by molar-refractivity contribution is 9.10. The van der Waals surface area contributed by atoms with E-state index in [1.807, 2.05) is 0 Å². The van der Waals surface area contributed by atoms with Crippen LogP contribution in [-0.2, 0) is 22.7 Å². The quantitative estimate of drug-likeness (QED) is 0.791. The third-order valence-electron chi connectivity index (χ3n) is 3.15. The van der Waals surface area contributed by atoms with Gasteiger partial charge in [0.1, 0.15) is 12.3 Å². The second kappa shape index (κ2) is 5.42. The molecule has 0 radical (unpaired) electrons. The molecule has 0 aliphatic carbocycles. The molecule has 2 heterocycles. The fourth-order valence-corrected chi connectivity index (χ4v) is 2.58. The molecule has 0 saturated heterocycles. The summed E-state index contributed by atoms with van der Waals surface area (Å²) in [6.45, 7) is 0.489. The molecular formula is C14H11BrN2O4. The van der Waals surface area contributed by atoms with E-state index in [4.69, 9.17) is 9.26 Å². The number of ether oxygens (including phenoxy) is 1. The first-order valence-corrected chi connectivity index (χ1v) is 6.98. The third kappa shape index (κ3) is 2.50. The molecule has 6 nitrogen and oxygen atoms in total. The molecule has 0 saturated carbocycles. The Labute approximate surface area is 128 Å². The van der Waals surface area contributed by atoms with Gasteiger partial charge in [-0.3, -0.25) is 14.5 Å². The molecule has 1 aliphatic heterocycles. The van der Waals surface area contributed by atoms with Crippen molar-refractivity contribution in [1.29, 1.82) is 0 Å². The summed E-state index contributed by atoms with van der Waals surface area (Å²) in [6, 6.07) is 6.82. The van der Waals surface area contributed by atoms with Gasteiger partial charge in [0.05, 0.1) is 17.8 Å². The second-order valence-corrected chi connectivity index (χ2v) is 5.52. The molecule has 0 N–H and O–H groups in total. The Morgan fingerprint density at radius 1 is 1.33 bits per heavy atom. The molecule has 1 aromatic carbocycles. The van der Waals surface area contributed by atoms with Crippen LogP contribution in [0.1, 0.15) is 21.8 Å². The van der Waals surface area contributed by atoms with Crippen LogP contribution in [0, 0.1) is 0 Å². The number of rotatable bonds is 4. The normalized spacial score (nSPS) is 13.9. The summed E-state index contributed by atoms with van der Waals surface area (Å²) in [5, 5.41) is 3.88. The molecule has 0 unspecified atom stereocenters. The zero-order valence-electron chi connectivity index (χ0n) is 11.1. The smallest absolute Gasteiger partial charge is 0.299 e. The van der Waals surface area contributed by atoms with Crippen molar-refractivity contribution in [3.05, 3.63) is 45.8 Å². The number of methoxy groups -OCH3 is 1. The molecule has 1 amide bonds. The van der Waals surface area contributed by atoms with E-state index < -0.39 is 11.7 Å². The van der Waals surface area contributed by atoms with Gasteiger partial charge in [0.2, 0.25) is 0 Å². The van der Waals surface area contributed by atoms with Gasteiger partial charge >= 0.3 is 0 Å². The van der Waals surface area contributed by atoms with E-state index in [0.29, 0.717) is 29.3 Å². The fourth-order valence-electron chi connectivity index (χ4n) is 2.23. The number of ketones is 1. The average Bonchev–Trinajstić information content (AvgIpc) is 2.99. The zero-order chi connectivity index (χ0) is 15.0. The van der Waals surface area contributed by atoms with Crippen LogP contribution in [0.25, 0.3) is 0 Å². The largest absolute Gasteiger partial charge is 0.377 e. The Kier molecular flexibility index (Phi) is 3.60. The van der Waals surface area contributed by atoms with Crippen LogP contribution in [0.2, 0.25) is 0 Å². The summed E-state index contributed by atoms with van der Waals surface area (Å²) in [5.74, 6) is -0.488. The van der Waals surface area contributed by atoms with E-state index in [1.165, 1.54) is 4.90 Å². The lowest BCUT2D eigenvalue weighted by atomic mass is 10.1. The van der Waals surface area contributed by atoms with Crippen molar-refractivity contribution >= 4 is 33.3 Å². The summed E-state index contributed by atoms with van der Waals surface area (Å²) >= 11 is 3.34. The van der Waals surface area contributed by atoms with Crippen LogP contribution in [0.5, 0.6) is 0 Å². The number of benzene rings is 1. The van der Waals surface area contributed by atoms with Crippen LogP contribution < -0.4 is 4.90 Å². The van der Waals surface area contributed by atoms with Gasteiger partial charge in [0, 0.05) is 17.6 Å². The Morgan fingerprint density at radius 2 is 2.14 bits per heavy atom. The lowest BCUT2D eigenvalue weighted by Gasteiger charge is -2.14.